The SMILES string of the molecule is COc1cc(CNOCC(N)=O)cc(Cl)c1OCC(N)=O. The topological polar surface area (TPSA) is 126 Å². The quantitative estimate of drug-likeness (QED) is 0.425. The molecule has 0 saturated heterocycles. The van der Waals surface area contributed by atoms with Crippen LogP contribution in [0.15, 0.2) is 12.1 Å². The van der Waals surface area contributed by atoms with Crippen molar-refractivity contribution >= 4 is 23.4 Å². The Kier molecular flexibility index (Phi) is 6.73. The lowest BCUT2D eigenvalue weighted by Gasteiger charge is -2.13. The predicted molar refractivity (Wildman–Crippen MR) is 74.7 cm³/mol. The molecule has 0 fully saturated rings. The molecule has 5 N–H and O–H groups in total. The number of halogens is 1. The zero-order valence-corrected chi connectivity index (χ0v) is 12.1. The van der Waals surface area contributed by atoms with Gasteiger partial charge in [0.25, 0.3) is 5.91 Å². The average molecular weight is 318 g/mol. The number of methoxy groups -OCH3 is 1. The maximum atomic E-state index is 10.7. The summed E-state index contributed by atoms with van der Waals surface area (Å²) in [5.74, 6) is -0.651. The van der Waals surface area contributed by atoms with Crippen LogP contribution in [0.25, 0.3) is 0 Å². The van der Waals surface area contributed by atoms with E-state index in [0.29, 0.717) is 11.3 Å². The van der Waals surface area contributed by atoms with Crippen LogP contribution < -0.4 is 26.4 Å². The van der Waals surface area contributed by atoms with Crippen LogP contribution in [-0.4, -0.2) is 32.1 Å². The molecule has 0 atom stereocenters. The number of primary amides is 2. The van der Waals surface area contributed by atoms with Gasteiger partial charge in [0.05, 0.1) is 12.1 Å². The molecule has 0 bridgehead atoms. The van der Waals surface area contributed by atoms with Crippen LogP contribution in [0.5, 0.6) is 11.5 Å². The Morgan fingerprint density at radius 1 is 1.24 bits per heavy atom. The summed E-state index contributed by atoms with van der Waals surface area (Å²) in [6.07, 6.45) is 0. The molecule has 9 heteroatoms. The first kappa shape index (κ1) is 17.0. The number of hydrogen-bond donors (Lipinski definition) is 3. The Morgan fingerprint density at radius 2 is 1.90 bits per heavy atom. The number of hydrogen-bond acceptors (Lipinski definition) is 6. The molecule has 0 saturated carbocycles. The maximum absolute atomic E-state index is 10.7. The summed E-state index contributed by atoms with van der Waals surface area (Å²) in [4.78, 5) is 26.0. The summed E-state index contributed by atoms with van der Waals surface area (Å²) >= 11 is 6.06. The van der Waals surface area contributed by atoms with E-state index in [1.165, 1.54) is 7.11 Å². The highest BCUT2D eigenvalue weighted by molar-refractivity contribution is 6.32. The third kappa shape index (κ3) is 5.86. The van der Waals surface area contributed by atoms with Crippen LogP contribution in [0.4, 0.5) is 0 Å². The van der Waals surface area contributed by atoms with Crippen molar-refractivity contribution in [2.75, 3.05) is 20.3 Å². The van der Waals surface area contributed by atoms with E-state index in [0.717, 1.165) is 0 Å². The van der Waals surface area contributed by atoms with E-state index in [2.05, 4.69) is 5.48 Å². The summed E-state index contributed by atoms with van der Waals surface area (Å²) in [6, 6.07) is 3.24. The highest BCUT2D eigenvalue weighted by atomic mass is 35.5. The number of ether oxygens (including phenoxy) is 2. The average Bonchev–Trinajstić information content (AvgIpc) is 2.41. The standard InChI is InChI=1S/C12H16ClN3O5/c1-19-9-3-7(4-16-21-6-11(15)18)2-8(13)12(9)20-5-10(14)17/h2-3,16H,4-6H2,1H3,(H2,14,17)(H2,15,18). The van der Waals surface area contributed by atoms with Crippen LogP contribution in [0, 0.1) is 0 Å². The molecule has 0 aliphatic heterocycles. The second-order valence-corrected chi connectivity index (χ2v) is 4.35. The molecule has 116 valence electrons. The van der Waals surface area contributed by atoms with Crippen LogP contribution in [-0.2, 0) is 21.0 Å². The van der Waals surface area contributed by atoms with Gasteiger partial charge in [-0.15, -0.1) is 0 Å². The normalized spacial score (nSPS) is 10.2. The van der Waals surface area contributed by atoms with Crippen molar-refractivity contribution < 1.29 is 23.9 Å². The van der Waals surface area contributed by atoms with Gasteiger partial charge in [-0.1, -0.05) is 11.6 Å². The van der Waals surface area contributed by atoms with E-state index in [-0.39, 0.29) is 30.5 Å². The first-order valence-corrected chi connectivity index (χ1v) is 6.22. The third-order valence-corrected chi connectivity index (χ3v) is 2.52. The van der Waals surface area contributed by atoms with Gasteiger partial charge in [0, 0.05) is 6.54 Å². The summed E-state index contributed by atoms with van der Waals surface area (Å²) in [5.41, 5.74) is 13.2. The van der Waals surface area contributed by atoms with Crippen molar-refractivity contribution in [3.8, 4) is 11.5 Å². The van der Waals surface area contributed by atoms with E-state index in [1.807, 2.05) is 0 Å². The molecule has 8 nitrogen and oxygen atoms in total. The van der Waals surface area contributed by atoms with E-state index in [4.69, 9.17) is 37.4 Å². The van der Waals surface area contributed by atoms with Crippen LogP contribution in [0.3, 0.4) is 0 Å². The van der Waals surface area contributed by atoms with Crippen LogP contribution >= 0.6 is 11.6 Å². The Hall–Kier alpha value is -2.03. The highest BCUT2D eigenvalue weighted by Gasteiger charge is 2.13. The number of carbonyl (C=O) groups is 2. The van der Waals surface area contributed by atoms with Crippen molar-refractivity contribution in [2.45, 2.75) is 6.54 Å². The van der Waals surface area contributed by atoms with Crippen LogP contribution in [0.1, 0.15) is 5.56 Å². The minimum Gasteiger partial charge on any atom is -0.493 e. The summed E-state index contributed by atoms with van der Waals surface area (Å²) in [7, 11) is 1.43. The van der Waals surface area contributed by atoms with Crippen LogP contribution in [0.2, 0.25) is 5.02 Å². The number of amides is 2. The van der Waals surface area contributed by atoms with E-state index >= 15 is 0 Å². The first-order valence-electron chi connectivity index (χ1n) is 5.84. The molecule has 0 aromatic heterocycles. The van der Waals surface area contributed by atoms with Gasteiger partial charge in [0.2, 0.25) is 5.91 Å². The second kappa shape index (κ2) is 8.30. The Balaban J connectivity index is 2.73. The monoisotopic (exact) mass is 317 g/mol. The summed E-state index contributed by atoms with van der Waals surface area (Å²) in [5, 5.41) is 0.252. The van der Waals surface area contributed by atoms with Gasteiger partial charge < -0.3 is 20.9 Å². The molecule has 0 aliphatic carbocycles. The molecule has 0 radical (unpaired) electrons. The zero-order chi connectivity index (χ0) is 15.8. The largest absolute Gasteiger partial charge is 0.493 e. The predicted octanol–water partition coefficient (Wildman–Crippen LogP) is -0.281. The Bertz CT molecular complexity index is 524. The second-order valence-electron chi connectivity index (χ2n) is 3.94. The van der Waals surface area contributed by atoms with Gasteiger partial charge in [-0.25, -0.2) is 0 Å². The Labute approximate surface area is 126 Å². The number of carbonyl (C=O) groups excluding carboxylic acids is 2. The Morgan fingerprint density at radius 3 is 2.48 bits per heavy atom. The van der Waals surface area contributed by atoms with Crippen molar-refractivity contribution in [1.29, 1.82) is 0 Å². The fraction of sp³-hybridized carbons (Fsp3) is 0.333. The van der Waals surface area contributed by atoms with Gasteiger partial charge in [-0.2, -0.15) is 5.48 Å². The lowest BCUT2D eigenvalue weighted by molar-refractivity contribution is -0.125. The molecular weight excluding hydrogens is 302 g/mol. The third-order valence-electron chi connectivity index (χ3n) is 2.24. The molecule has 0 aliphatic rings. The van der Waals surface area contributed by atoms with Gasteiger partial charge >= 0.3 is 0 Å². The van der Waals surface area contributed by atoms with Crippen molar-refractivity contribution in [2.24, 2.45) is 11.5 Å². The lowest BCUT2D eigenvalue weighted by atomic mass is 10.2. The zero-order valence-electron chi connectivity index (χ0n) is 11.3. The smallest absolute Gasteiger partial charge is 0.255 e. The maximum Gasteiger partial charge on any atom is 0.255 e. The molecule has 1 aromatic carbocycles. The fourth-order valence-electron chi connectivity index (χ4n) is 1.42. The van der Waals surface area contributed by atoms with E-state index in [1.54, 1.807) is 12.1 Å². The lowest BCUT2D eigenvalue weighted by Crippen LogP contribution is -2.24. The van der Waals surface area contributed by atoms with Crippen molar-refractivity contribution in [1.82, 2.24) is 5.48 Å². The van der Waals surface area contributed by atoms with Crippen molar-refractivity contribution in [3.05, 3.63) is 22.7 Å². The highest BCUT2D eigenvalue weighted by Crippen LogP contribution is 2.36. The minimum absolute atomic E-state index is 0.222. The van der Waals surface area contributed by atoms with Gasteiger partial charge in [-0.05, 0) is 17.7 Å². The number of nitrogens with one attached hydrogen (secondary N) is 1. The minimum atomic E-state index is -0.626. The first-order chi connectivity index (χ1) is 9.93. The van der Waals surface area contributed by atoms with E-state index < -0.39 is 11.8 Å². The molecule has 1 aromatic rings. The van der Waals surface area contributed by atoms with Crippen molar-refractivity contribution in [3.63, 3.8) is 0 Å². The fourth-order valence-corrected chi connectivity index (χ4v) is 1.70. The number of hydroxylamine groups is 1. The molecule has 2 amide bonds. The van der Waals surface area contributed by atoms with Gasteiger partial charge in [-0.3, -0.25) is 14.4 Å². The molecule has 0 spiro atoms. The molecule has 21 heavy (non-hydrogen) atoms. The number of benzene rings is 1. The number of rotatable bonds is 9. The molecule has 0 unspecified atom stereocenters. The molecule has 0 heterocycles. The molecular formula is C12H16ClN3O5. The van der Waals surface area contributed by atoms with Gasteiger partial charge in [0.15, 0.2) is 18.1 Å². The summed E-state index contributed by atoms with van der Waals surface area (Å²) < 4.78 is 10.3. The van der Waals surface area contributed by atoms with E-state index in [9.17, 15) is 9.59 Å². The van der Waals surface area contributed by atoms with Gasteiger partial charge in [0.1, 0.15) is 6.61 Å². The summed E-state index contributed by atoms with van der Waals surface area (Å²) in [6.45, 7) is -0.292. The molecule has 1 rings (SSSR count). The number of nitrogens with two attached hydrogens (primary N) is 2.